The van der Waals surface area contributed by atoms with Gasteiger partial charge in [0.25, 0.3) is 0 Å². The Morgan fingerprint density at radius 2 is 1.95 bits per heavy atom. The fraction of sp³-hybridized carbons (Fsp3) is 0.867. The zero-order valence-corrected chi connectivity index (χ0v) is 12.4. The Bertz CT molecular complexity index is 379. The summed E-state index contributed by atoms with van der Waals surface area (Å²) in [5.41, 5.74) is -0.0355. The minimum atomic E-state index is -0.248. The van der Waals surface area contributed by atoms with Crippen LogP contribution in [0.15, 0.2) is 0 Å². The molecule has 1 saturated carbocycles. The average molecular weight is 263 g/mol. The molecule has 0 spiro atoms. The number of nitrogens with zero attached hydrogens (tertiary/aromatic N) is 3. The molecule has 4 nitrogen and oxygen atoms in total. The number of amides is 1. The third-order valence-electron chi connectivity index (χ3n) is 4.57. The molecule has 1 atom stereocenters. The number of nitriles is 1. The van der Waals surface area contributed by atoms with E-state index >= 15 is 0 Å². The molecule has 1 amide bonds. The van der Waals surface area contributed by atoms with Gasteiger partial charge in [-0.15, -0.1) is 0 Å². The minimum Gasteiger partial charge on any atom is -0.343 e. The third-order valence-corrected chi connectivity index (χ3v) is 4.57. The van der Waals surface area contributed by atoms with Crippen molar-refractivity contribution in [1.29, 1.82) is 5.26 Å². The molecular formula is C15H25N3O. The van der Waals surface area contributed by atoms with Crippen molar-refractivity contribution in [2.75, 3.05) is 13.6 Å². The van der Waals surface area contributed by atoms with Crippen molar-refractivity contribution < 1.29 is 4.79 Å². The first-order valence-corrected chi connectivity index (χ1v) is 7.38. The van der Waals surface area contributed by atoms with Gasteiger partial charge >= 0.3 is 0 Å². The zero-order valence-electron chi connectivity index (χ0n) is 12.4. The van der Waals surface area contributed by atoms with Crippen LogP contribution < -0.4 is 0 Å². The van der Waals surface area contributed by atoms with Crippen LogP contribution in [0.5, 0.6) is 0 Å². The van der Waals surface area contributed by atoms with Gasteiger partial charge in [0, 0.05) is 25.2 Å². The van der Waals surface area contributed by atoms with E-state index in [2.05, 4.69) is 24.8 Å². The quantitative estimate of drug-likeness (QED) is 0.767. The summed E-state index contributed by atoms with van der Waals surface area (Å²) in [6, 6.07) is 2.43. The van der Waals surface area contributed by atoms with Gasteiger partial charge in [-0.1, -0.05) is 19.3 Å². The molecule has 0 radical (unpaired) electrons. The highest BCUT2D eigenvalue weighted by Gasteiger charge is 2.46. The van der Waals surface area contributed by atoms with Crippen molar-refractivity contribution in [1.82, 2.24) is 9.80 Å². The van der Waals surface area contributed by atoms with Gasteiger partial charge in [0.05, 0.1) is 12.5 Å². The molecule has 1 aliphatic heterocycles. The highest BCUT2D eigenvalue weighted by molar-refractivity contribution is 5.83. The summed E-state index contributed by atoms with van der Waals surface area (Å²) >= 11 is 0. The van der Waals surface area contributed by atoms with Crippen molar-refractivity contribution in [3.63, 3.8) is 0 Å². The standard InChI is InChI=1S/C15H25N3O/c1-15(2)11-17(3)14(19)13(9-10-16)18(15)12-7-5-4-6-8-12/h12-13H,4-9,11H2,1-3H3. The van der Waals surface area contributed by atoms with Crippen LogP contribution in [0.4, 0.5) is 0 Å². The van der Waals surface area contributed by atoms with E-state index in [4.69, 9.17) is 5.26 Å². The summed E-state index contributed by atoms with van der Waals surface area (Å²) in [6.07, 6.45) is 6.45. The van der Waals surface area contributed by atoms with Crippen molar-refractivity contribution in [3.8, 4) is 6.07 Å². The maximum atomic E-state index is 12.4. The molecule has 4 heteroatoms. The van der Waals surface area contributed by atoms with Crippen LogP contribution in [0.1, 0.15) is 52.4 Å². The van der Waals surface area contributed by atoms with E-state index in [1.165, 1.54) is 32.1 Å². The lowest BCUT2D eigenvalue weighted by atomic mass is 9.85. The molecule has 0 N–H and O–H groups in total. The maximum absolute atomic E-state index is 12.4. The predicted octanol–water partition coefficient (Wildman–Crippen LogP) is 2.15. The van der Waals surface area contributed by atoms with Gasteiger partial charge in [-0.3, -0.25) is 9.69 Å². The van der Waals surface area contributed by atoms with Gasteiger partial charge in [0.1, 0.15) is 6.04 Å². The van der Waals surface area contributed by atoms with Gasteiger partial charge in [0.2, 0.25) is 5.91 Å². The normalized spacial score (nSPS) is 29.3. The molecular weight excluding hydrogens is 238 g/mol. The number of carbonyl (C=O) groups excluding carboxylic acids is 1. The lowest BCUT2D eigenvalue weighted by Crippen LogP contribution is -2.68. The first-order valence-electron chi connectivity index (χ1n) is 7.38. The van der Waals surface area contributed by atoms with Gasteiger partial charge in [0.15, 0.2) is 0 Å². The lowest BCUT2D eigenvalue weighted by molar-refractivity contribution is -0.152. The van der Waals surface area contributed by atoms with Crippen molar-refractivity contribution >= 4 is 5.91 Å². The average Bonchev–Trinajstić information content (AvgIpc) is 2.36. The van der Waals surface area contributed by atoms with E-state index in [1.54, 1.807) is 4.90 Å². The second kappa shape index (κ2) is 5.50. The van der Waals surface area contributed by atoms with Crippen LogP contribution in [0, 0.1) is 11.3 Å². The predicted molar refractivity (Wildman–Crippen MR) is 74.4 cm³/mol. The number of likely N-dealkylation sites (N-methyl/N-ethyl adjacent to an activating group) is 1. The molecule has 19 heavy (non-hydrogen) atoms. The highest BCUT2D eigenvalue weighted by atomic mass is 16.2. The number of hydrogen-bond donors (Lipinski definition) is 0. The van der Waals surface area contributed by atoms with Crippen LogP contribution in [-0.4, -0.2) is 46.9 Å². The smallest absolute Gasteiger partial charge is 0.240 e. The summed E-state index contributed by atoms with van der Waals surface area (Å²) in [7, 11) is 1.85. The monoisotopic (exact) mass is 263 g/mol. The SMILES string of the molecule is CN1CC(C)(C)N(C2CCCCC2)C(CC#N)C1=O. The van der Waals surface area contributed by atoms with Crippen LogP contribution in [0.2, 0.25) is 0 Å². The first kappa shape index (κ1) is 14.3. The fourth-order valence-corrected chi connectivity index (χ4v) is 3.92. The minimum absolute atomic E-state index is 0.0355. The summed E-state index contributed by atoms with van der Waals surface area (Å²) in [4.78, 5) is 16.5. The molecule has 1 unspecified atom stereocenters. The second-order valence-corrected chi connectivity index (χ2v) is 6.58. The molecule has 0 aromatic carbocycles. The highest BCUT2D eigenvalue weighted by Crippen LogP contribution is 2.34. The molecule has 1 saturated heterocycles. The largest absolute Gasteiger partial charge is 0.343 e. The molecule has 2 rings (SSSR count). The number of hydrogen-bond acceptors (Lipinski definition) is 3. The van der Waals surface area contributed by atoms with E-state index in [0.717, 1.165) is 6.54 Å². The molecule has 2 aliphatic rings. The number of rotatable bonds is 2. The van der Waals surface area contributed by atoms with Gasteiger partial charge in [-0.25, -0.2) is 0 Å². The van der Waals surface area contributed by atoms with Crippen LogP contribution in [0.3, 0.4) is 0 Å². The molecule has 0 aromatic heterocycles. The first-order chi connectivity index (χ1) is 8.97. The second-order valence-electron chi connectivity index (χ2n) is 6.58. The van der Waals surface area contributed by atoms with E-state index in [1.807, 2.05) is 7.05 Å². The zero-order chi connectivity index (χ0) is 14.0. The third kappa shape index (κ3) is 2.76. The molecule has 0 aromatic rings. The summed E-state index contributed by atoms with van der Waals surface area (Å²) in [5, 5.41) is 9.06. The summed E-state index contributed by atoms with van der Waals surface area (Å²) < 4.78 is 0. The molecule has 1 heterocycles. The van der Waals surface area contributed by atoms with Crippen molar-refractivity contribution in [2.45, 2.75) is 70.0 Å². The van der Waals surface area contributed by atoms with Gasteiger partial charge in [-0.05, 0) is 26.7 Å². The maximum Gasteiger partial charge on any atom is 0.240 e. The van der Waals surface area contributed by atoms with Gasteiger partial charge < -0.3 is 4.90 Å². The molecule has 2 fully saturated rings. The Labute approximate surface area is 116 Å². The van der Waals surface area contributed by atoms with Crippen LogP contribution in [0.25, 0.3) is 0 Å². The summed E-state index contributed by atoms with van der Waals surface area (Å²) in [5.74, 6) is 0.117. The fourth-order valence-electron chi connectivity index (χ4n) is 3.92. The Balaban J connectivity index is 2.27. The number of piperazine rings is 1. The van der Waals surface area contributed by atoms with Crippen LogP contribution >= 0.6 is 0 Å². The van der Waals surface area contributed by atoms with E-state index in [9.17, 15) is 4.79 Å². The molecule has 106 valence electrons. The van der Waals surface area contributed by atoms with E-state index < -0.39 is 0 Å². The Hall–Kier alpha value is -1.08. The molecule has 1 aliphatic carbocycles. The lowest BCUT2D eigenvalue weighted by Gasteiger charge is -2.53. The molecule has 0 bridgehead atoms. The Morgan fingerprint density at radius 3 is 2.53 bits per heavy atom. The topological polar surface area (TPSA) is 47.3 Å². The van der Waals surface area contributed by atoms with E-state index in [-0.39, 0.29) is 17.5 Å². The number of carbonyl (C=O) groups is 1. The Morgan fingerprint density at radius 1 is 1.32 bits per heavy atom. The van der Waals surface area contributed by atoms with Crippen LogP contribution in [-0.2, 0) is 4.79 Å². The van der Waals surface area contributed by atoms with Gasteiger partial charge in [-0.2, -0.15) is 5.26 Å². The Kier molecular flexibility index (Phi) is 4.15. The summed E-state index contributed by atoms with van der Waals surface area (Å²) in [6.45, 7) is 5.16. The van der Waals surface area contributed by atoms with Crippen molar-refractivity contribution in [2.24, 2.45) is 0 Å². The van der Waals surface area contributed by atoms with Crippen molar-refractivity contribution in [3.05, 3.63) is 0 Å². The van der Waals surface area contributed by atoms with E-state index in [0.29, 0.717) is 12.5 Å².